The van der Waals surface area contributed by atoms with E-state index in [4.69, 9.17) is 0 Å². The second-order valence-corrected chi connectivity index (χ2v) is 7.53. The average molecular weight is 397 g/mol. The van der Waals surface area contributed by atoms with Gasteiger partial charge < -0.3 is 15.1 Å². The monoisotopic (exact) mass is 396 g/mol. The number of nitrogens with one attached hydrogen (secondary N) is 1. The molecule has 2 atom stereocenters. The number of hydrogen-bond donors (Lipinski definition) is 1. The number of hydrogen-bond acceptors (Lipinski definition) is 5. The van der Waals surface area contributed by atoms with E-state index in [0.29, 0.717) is 30.3 Å². The first-order valence-electron chi connectivity index (χ1n) is 9.49. The van der Waals surface area contributed by atoms with Gasteiger partial charge in [0, 0.05) is 43.9 Å². The maximum absolute atomic E-state index is 12.8. The molecule has 27 heavy (non-hydrogen) atoms. The molecule has 8 heteroatoms. The molecule has 0 saturated carbocycles. The standard InChI is InChI=1S/C19H28N4O3.ClH/c1-14-5-3-9-21(12-14)17-8-7-15(11-18(17)23(25)26)19(24)22-10-4-6-16(13-22)20-2;/h7-8,11,14,16,20H,3-6,9-10,12-13H2,1-2H3;1H. The van der Waals surface area contributed by atoms with Crippen molar-refractivity contribution >= 4 is 29.7 Å². The second-order valence-electron chi connectivity index (χ2n) is 7.53. The predicted molar refractivity (Wildman–Crippen MR) is 109 cm³/mol. The largest absolute Gasteiger partial charge is 0.366 e. The number of rotatable bonds is 4. The third-order valence-corrected chi connectivity index (χ3v) is 5.53. The van der Waals surface area contributed by atoms with Gasteiger partial charge in [0.25, 0.3) is 11.6 Å². The van der Waals surface area contributed by atoms with Crippen LogP contribution < -0.4 is 10.2 Å². The number of carbonyl (C=O) groups is 1. The summed E-state index contributed by atoms with van der Waals surface area (Å²) in [5.74, 6) is 0.406. The van der Waals surface area contributed by atoms with Crippen LogP contribution in [-0.2, 0) is 0 Å². The van der Waals surface area contributed by atoms with E-state index in [1.54, 1.807) is 17.0 Å². The molecule has 150 valence electrons. The van der Waals surface area contributed by atoms with Crippen LogP contribution >= 0.6 is 12.4 Å². The van der Waals surface area contributed by atoms with Gasteiger partial charge in [-0.15, -0.1) is 12.4 Å². The Hall–Kier alpha value is -1.86. The van der Waals surface area contributed by atoms with Crippen LogP contribution in [0.5, 0.6) is 0 Å². The van der Waals surface area contributed by atoms with E-state index in [1.807, 2.05) is 7.05 Å². The molecule has 1 aromatic rings. The molecule has 2 fully saturated rings. The van der Waals surface area contributed by atoms with Crippen molar-refractivity contribution < 1.29 is 9.72 Å². The highest BCUT2D eigenvalue weighted by Crippen LogP contribution is 2.33. The lowest BCUT2D eigenvalue weighted by molar-refractivity contribution is -0.384. The lowest BCUT2D eigenvalue weighted by Gasteiger charge is -2.33. The van der Waals surface area contributed by atoms with Gasteiger partial charge in [0.05, 0.1) is 4.92 Å². The number of nitro benzene ring substituents is 1. The van der Waals surface area contributed by atoms with Crippen molar-refractivity contribution in [2.75, 3.05) is 38.1 Å². The molecule has 1 aromatic carbocycles. The van der Waals surface area contributed by atoms with Gasteiger partial charge in [0.1, 0.15) is 5.69 Å². The van der Waals surface area contributed by atoms with E-state index in [2.05, 4.69) is 17.1 Å². The minimum Gasteiger partial charge on any atom is -0.366 e. The van der Waals surface area contributed by atoms with E-state index in [-0.39, 0.29) is 35.0 Å². The summed E-state index contributed by atoms with van der Waals surface area (Å²) in [6, 6.07) is 5.24. The van der Waals surface area contributed by atoms with Crippen molar-refractivity contribution in [3.05, 3.63) is 33.9 Å². The Morgan fingerprint density at radius 1 is 1.22 bits per heavy atom. The molecule has 2 aliphatic heterocycles. The van der Waals surface area contributed by atoms with Gasteiger partial charge >= 0.3 is 0 Å². The van der Waals surface area contributed by atoms with Gasteiger partial charge in [0.15, 0.2) is 0 Å². The fourth-order valence-electron chi connectivity index (χ4n) is 4.06. The minimum absolute atomic E-state index is 0. The van der Waals surface area contributed by atoms with Crippen LogP contribution in [0.4, 0.5) is 11.4 Å². The Morgan fingerprint density at radius 3 is 2.63 bits per heavy atom. The number of benzene rings is 1. The minimum atomic E-state index is -0.363. The molecule has 2 saturated heterocycles. The number of anilines is 1. The summed E-state index contributed by atoms with van der Waals surface area (Å²) < 4.78 is 0. The van der Waals surface area contributed by atoms with E-state index < -0.39 is 0 Å². The van der Waals surface area contributed by atoms with E-state index in [1.165, 1.54) is 6.07 Å². The SMILES string of the molecule is CNC1CCCN(C(=O)c2ccc(N3CCCC(C)C3)c([N+](=O)[O-])c2)C1.Cl. The molecule has 7 nitrogen and oxygen atoms in total. The summed E-state index contributed by atoms with van der Waals surface area (Å²) in [4.78, 5) is 28.0. The molecule has 0 aliphatic carbocycles. The van der Waals surface area contributed by atoms with E-state index >= 15 is 0 Å². The van der Waals surface area contributed by atoms with Crippen LogP contribution in [0.3, 0.4) is 0 Å². The molecule has 2 heterocycles. The number of nitro groups is 1. The molecule has 0 bridgehead atoms. The van der Waals surface area contributed by atoms with Crippen LogP contribution in [-0.4, -0.2) is 55.0 Å². The molecular formula is C19H29ClN4O3. The highest BCUT2D eigenvalue weighted by Gasteiger charge is 2.28. The molecule has 0 spiro atoms. The van der Waals surface area contributed by atoms with Crippen molar-refractivity contribution in [2.24, 2.45) is 5.92 Å². The molecule has 1 N–H and O–H groups in total. The van der Waals surface area contributed by atoms with E-state index in [9.17, 15) is 14.9 Å². The zero-order valence-corrected chi connectivity index (χ0v) is 16.8. The van der Waals surface area contributed by atoms with Crippen molar-refractivity contribution in [1.82, 2.24) is 10.2 Å². The highest BCUT2D eigenvalue weighted by atomic mass is 35.5. The van der Waals surface area contributed by atoms with Crippen LogP contribution in [0, 0.1) is 16.0 Å². The van der Waals surface area contributed by atoms with Crippen LogP contribution in [0.15, 0.2) is 18.2 Å². The first-order valence-corrected chi connectivity index (χ1v) is 9.49. The van der Waals surface area contributed by atoms with Gasteiger partial charge in [-0.3, -0.25) is 14.9 Å². The summed E-state index contributed by atoms with van der Waals surface area (Å²) in [7, 11) is 1.90. The van der Waals surface area contributed by atoms with E-state index in [0.717, 1.165) is 38.8 Å². The summed E-state index contributed by atoms with van der Waals surface area (Å²) >= 11 is 0. The fourth-order valence-corrected chi connectivity index (χ4v) is 4.06. The number of amides is 1. The van der Waals surface area contributed by atoms with Crippen LogP contribution in [0.25, 0.3) is 0 Å². The molecule has 0 radical (unpaired) electrons. The first kappa shape index (κ1) is 21.4. The Kier molecular flexibility index (Phi) is 7.44. The molecule has 2 unspecified atom stereocenters. The smallest absolute Gasteiger partial charge is 0.293 e. The normalized spacial score (nSPS) is 22.9. The fraction of sp³-hybridized carbons (Fsp3) is 0.632. The number of likely N-dealkylation sites (N-methyl/N-ethyl adjacent to an activating group) is 1. The van der Waals surface area contributed by atoms with Gasteiger partial charge in [-0.05, 0) is 50.8 Å². The molecule has 2 aliphatic rings. The molecule has 1 amide bonds. The zero-order valence-electron chi connectivity index (χ0n) is 16.0. The van der Waals surface area contributed by atoms with Crippen molar-refractivity contribution in [2.45, 2.75) is 38.6 Å². The lowest BCUT2D eigenvalue weighted by atomic mass is 9.99. The number of carbonyl (C=O) groups excluding carboxylic acids is 1. The van der Waals surface area contributed by atoms with Crippen molar-refractivity contribution in [1.29, 1.82) is 0 Å². The number of piperidine rings is 2. The van der Waals surface area contributed by atoms with Gasteiger partial charge in [-0.25, -0.2) is 0 Å². The Balaban J connectivity index is 0.00000261. The maximum Gasteiger partial charge on any atom is 0.293 e. The third kappa shape index (κ3) is 4.90. The second kappa shape index (κ2) is 9.37. The number of nitrogens with zero attached hydrogens (tertiary/aromatic N) is 3. The van der Waals surface area contributed by atoms with Gasteiger partial charge in [-0.2, -0.15) is 0 Å². The predicted octanol–water partition coefficient (Wildman–Crippen LogP) is 3.08. The summed E-state index contributed by atoms with van der Waals surface area (Å²) in [6.45, 7) is 5.17. The van der Waals surface area contributed by atoms with Crippen molar-refractivity contribution in [3.63, 3.8) is 0 Å². The highest BCUT2D eigenvalue weighted by molar-refractivity contribution is 5.96. The zero-order chi connectivity index (χ0) is 18.7. The first-order chi connectivity index (χ1) is 12.5. The Labute approximate surface area is 166 Å². The summed E-state index contributed by atoms with van der Waals surface area (Å²) in [6.07, 6.45) is 4.19. The molecule has 3 rings (SSSR count). The molecular weight excluding hydrogens is 368 g/mol. The average Bonchev–Trinajstić information content (AvgIpc) is 2.67. The Bertz CT molecular complexity index is 685. The third-order valence-electron chi connectivity index (χ3n) is 5.53. The van der Waals surface area contributed by atoms with Crippen molar-refractivity contribution in [3.8, 4) is 0 Å². The summed E-state index contributed by atoms with van der Waals surface area (Å²) in [5.41, 5.74) is 1.07. The number of halogens is 1. The number of likely N-dealkylation sites (tertiary alicyclic amines) is 1. The van der Waals surface area contributed by atoms with Crippen LogP contribution in [0.1, 0.15) is 43.0 Å². The van der Waals surface area contributed by atoms with Crippen LogP contribution in [0.2, 0.25) is 0 Å². The van der Waals surface area contributed by atoms with Gasteiger partial charge in [0.2, 0.25) is 0 Å². The molecule has 0 aromatic heterocycles. The topological polar surface area (TPSA) is 78.7 Å². The lowest BCUT2D eigenvalue weighted by Crippen LogP contribution is -2.47. The van der Waals surface area contributed by atoms with Gasteiger partial charge in [-0.1, -0.05) is 6.92 Å². The Morgan fingerprint density at radius 2 is 1.96 bits per heavy atom. The quantitative estimate of drug-likeness (QED) is 0.625. The summed E-state index contributed by atoms with van der Waals surface area (Å²) in [5, 5.41) is 14.9. The maximum atomic E-state index is 12.8.